The average Bonchev–Trinajstić information content (AvgIpc) is 2.98. The number of hydrogen-bond donors (Lipinski definition) is 1. The molecule has 1 atom stereocenters. The predicted octanol–water partition coefficient (Wildman–Crippen LogP) is 4.74. The van der Waals surface area contributed by atoms with Crippen molar-refractivity contribution in [2.45, 2.75) is 26.3 Å². The van der Waals surface area contributed by atoms with E-state index in [0.717, 1.165) is 28.7 Å². The van der Waals surface area contributed by atoms with Gasteiger partial charge in [0.2, 0.25) is 5.91 Å². The number of nitrogens with one attached hydrogen (secondary N) is 1. The van der Waals surface area contributed by atoms with Crippen LogP contribution in [0.2, 0.25) is 0 Å². The van der Waals surface area contributed by atoms with E-state index in [2.05, 4.69) is 10.3 Å². The van der Waals surface area contributed by atoms with Crippen LogP contribution in [0.15, 0.2) is 36.4 Å². The molecule has 0 aliphatic rings. The first kappa shape index (κ1) is 18.3. The van der Waals surface area contributed by atoms with Gasteiger partial charge in [-0.1, -0.05) is 36.0 Å². The minimum atomic E-state index is -0.736. The molecule has 0 bridgehead atoms. The molecule has 1 heterocycles. The van der Waals surface area contributed by atoms with Crippen LogP contribution in [0.5, 0.6) is 0 Å². The molecular formula is C19H19F2N3OS. The van der Waals surface area contributed by atoms with Crippen molar-refractivity contribution in [3.05, 3.63) is 53.6 Å². The number of benzene rings is 2. The van der Waals surface area contributed by atoms with Gasteiger partial charge >= 0.3 is 0 Å². The number of amides is 1. The molecule has 136 valence electrons. The minimum Gasteiger partial charge on any atom is -0.363 e. The molecule has 0 aliphatic carbocycles. The number of carbonyl (C=O) groups is 1. The van der Waals surface area contributed by atoms with E-state index in [9.17, 15) is 13.6 Å². The van der Waals surface area contributed by atoms with Gasteiger partial charge in [-0.25, -0.2) is 13.8 Å². The molecule has 7 heteroatoms. The highest BCUT2D eigenvalue weighted by atomic mass is 32.1. The molecule has 0 radical (unpaired) electrons. The summed E-state index contributed by atoms with van der Waals surface area (Å²) in [5.41, 5.74) is 2.13. The molecular weight excluding hydrogens is 356 g/mol. The summed E-state index contributed by atoms with van der Waals surface area (Å²) in [5, 5.41) is 2.98. The number of aromatic nitrogens is 1. The largest absolute Gasteiger partial charge is 0.363 e. The van der Waals surface area contributed by atoms with Gasteiger partial charge in [0.25, 0.3) is 0 Å². The first-order chi connectivity index (χ1) is 12.4. The van der Waals surface area contributed by atoms with Gasteiger partial charge in [-0.15, -0.1) is 0 Å². The Morgan fingerprint density at radius 2 is 1.96 bits per heavy atom. The van der Waals surface area contributed by atoms with E-state index >= 15 is 0 Å². The summed E-state index contributed by atoms with van der Waals surface area (Å²) in [6, 6.07) is 9.48. The summed E-state index contributed by atoms with van der Waals surface area (Å²) >= 11 is 1.05. The van der Waals surface area contributed by atoms with Crippen LogP contribution in [0, 0.1) is 18.6 Å². The summed E-state index contributed by atoms with van der Waals surface area (Å²) < 4.78 is 27.5. The maximum absolute atomic E-state index is 13.8. The lowest BCUT2D eigenvalue weighted by atomic mass is 10.1. The van der Waals surface area contributed by atoms with Gasteiger partial charge in [-0.3, -0.25) is 4.79 Å². The zero-order valence-corrected chi connectivity index (χ0v) is 15.5. The summed E-state index contributed by atoms with van der Waals surface area (Å²) in [6.07, 6.45) is 0.587. The van der Waals surface area contributed by atoms with Gasteiger partial charge in [0, 0.05) is 18.8 Å². The van der Waals surface area contributed by atoms with Gasteiger partial charge in [0.05, 0.1) is 4.70 Å². The van der Waals surface area contributed by atoms with Crippen molar-refractivity contribution >= 4 is 38.3 Å². The Hall–Kier alpha value is -2.54. The Balaban J connectivity index is 1.81. The van der Waals surface area contributed by atoms with Gasteiger partial charge in [-0.05, 0) is 31.5 Å². The van der Waals surface area contributed by atoms with Gasteiger partial charge in [0.15, 0.2) is 10.9 Å². The number of aryl methyl sites for hydroxylation is 1. The Morgan fingerprint density at radius 1 is 1.27 bits per heavy atom. The van der Waals surface area contributed by atoms with E-state index in [-0.39, 0.29) is 16.6 Å². The average molecular weight is 375 g/mol. The third kappa shape index (κ3) is 3.67. The van der Waals surface area contributed by atoms with Crippen LogP contribution in [0.25, 0.3) is 10.2 Å². The van der Waals surface area contributed by atoms with Crippen molar-refractivity contribution in [2.75, 3.05) is 17.3 Å². The summed E-state index contributed by atoms with van der Waals surface area (Å²) in [6.45, 7) is 3.92. The highest BCUT2D eigenvalue weighted by Gasteiger charge is 2.23. The van der Waals surface area contributed by atoms with Crippen molar-refractivity contribution < 1.29 is 13.6 Å². The van der Waals surface area contributed by atoms with Gasteiger partial charge < -0.3 is 10.2 Å². The van der Waals surface area contributed by atoms with Crippen molar-refractivity contribution in [2.24, 2.45) is 0 Å². The molecule has 3 rings (SSSR count). The van der Waals surface area contributed by atoms with E-state index in [1.165, 1.54) is 6.07 Å². The number of carbonyl (C=O) groups excluding carboxylic acids is 1. The van der Waals surface area contributed by atoms with Gasteiger partial charge in [-0.2, -0.15) is 0 Å². The van der Waals surface area contributed by atoms with Crippen molar-refractivity contribution in [1.82, 2.24) is 4.98 Å². The van der Waals surface area contributed by atoms with E-state index in [1.807, 2.05) is 50.1 Å². The van der Waals surface area contributed by atoms with Crippen LogP contribution in [0.1, 0.15) is 18.9 Å². The van der Waals surface area contributed by atoms with Crippen molar-refractivity contribution in [3.8, 4) is 0 Å². The topological polar surface area (TPSA) is 45.2 Å². The standard InChI is InChI=1S/C19H19F2N3OS/c1-4-15(24(3)13-7-5-11(2)6-8-13)18(25)23-19-22-17-14(21)9-12(20)10-16(17)26-19/h5-10,15H,4H2,1-3H3,(H,22,23,25). The SMILES string of the molecule is CCC(C(=O)Nc1nc2c(F)cc(F)cc2s1)N(C)c1ccc(C)cc1. The van der Waals surface area contributed by atoms with Crippen LogP contribution in [-0.2, 0) is 4.79 Å². The highest BCUT2D eigenvalue weighted by molar-refractivity contribution is 7.22. The van der Waals surface area contributed by atoms with E-state index in [4.69, 9.17) is 0 Å². The number of likely N-dealkylation sites (N-methyl/N-ethyl adjacent to an activating group) is 1. The molecule has 0 fully saturated rings. The summed E-state index contributed by atoms with van der Waals surface area (Å²) in [7, 11) is 1.85. The van der Waals surface area contributed by atoms with Gasteiger partial charge in [0.1, 0.15) is 17.4 Å². The molecule has 26 heavy (non-hydrogen) atoms. The van der Waals surface area contributed by atoms with E-state index in [1.54, 1.807) is 0 Å². The molecule has 0 saturated heterocycles. The molecule has 1 amide bonds. The Morgan fingerprint density at radius 3 is 2.62 bits per heavy atom. The van der Waals surface area contributed by atoms with E-state index in [0.29, 0.717) is 11.1 Å². The molecule has 0 spiro atoms. The van der Waals surface area contributed by atoms with E-state index < -0.39 is 17.7 Å². The zero-order valence-electron chi connectivity index (χ0n) is 14.7. The van der Waals surface area contributed by atoms with Crippen LogP contribution in [0.3, 0.4) is 0 Å². The second-order valence-electron chi connectivity index (χ2n) is 6.11. The molecule has 1 unspecified atom stereocenters. The Bertz CT molecular complexity index is 940. The van der Waals surface area contributed by atoms with Crippen molar-refractivity contribution in [3.63, 3.8) is 0 Å². The Labute approximate surface area is 154 Å². The molecule has 0 saturated carbocycles. The predicted molar refractivity (Wildman–Crippen MR) is 102 cm³/mol. The van der Waals surface area contributed by atoms with Crippen LogP contribution >= 0.6 is 11.3 Å². The molecule has 3 aromatic rings. The smallest absolute Gasteiger partial charge is 0.248 e. The summed E-state index contributed by atoms with van der Waals surface area (Å²) in [4.78, 5) is 18.7. The second kappa shape index (κ2) is 7.37. The number of hydrogen-bond acceptors (Lipinski definition) is 4. The fraction of sp³-hybridized carbons (Fsp3) is 0.263. The highest BCUT2D eigenvalue weighted by Crippen LogP contribution is 2.29. The van der Waals surface area contributed by atoms with Crippen LogP contribution in [0.4, 0.5) is 19.6 Å². The maximum Gasteiger partial charge on any atom is 0.248 e. The fourth-order valence-corrected chi connectivity index (χ4v) is 3.70. The maximum atomic E-state index is 13.8. The number of nitrogens with zero attached hydrogens (tertiary/aromatic N) is 2. The lowest BCUT2D eigenvalue weighted by Crippen LogP contribution is -2.41. The zero-order chi connectivity index (χ0) is 18.8. The fourth-order valence-electron chi connectivity index (χ4n) is 2.79. The molecule has 1 aromatic heterocycles. The number of halogens is 2. The monoisotopic (exact) mass is 375 g/mol. The third-order valence-electron chi connectivity index (χ3n) is 4.24. The van der Waals surface area contributed by atoms with Crippen molar-refractivity contribution in [1.29, 1.82) is 0 Å². The summed E-state index contributed by atoms with van der Waals surface area (Å²) in [5.74, 6) is -1.64. The number of anilines is 2. The molecule has 2 aromatic carbocycles. The van der Waals surface area contributed by atoms with Crippen LogP contribution < -0.4 is 10.2 Å². The molecule has 0 aliphatic heterocycles. The lowest BCUT2D eigenvalue weighted by molar-refractivity contribution is -0.117. The normalized spacial score (nSPS) is 12.2. The first-order valence-electron chi connectivity index (χ1n) is 8.25. The third-order valence-corrected chi connectivity index (χ3v) is 5.16. The molecule has 4 nitrogen and oxygen atoms in total. The minimum absolute atomic E-state index is 0.0617. The second-order valence-corrected chi connectivity index (χ2v) is 7.14. The quantitative estimate of drug-likeness (QED) is 0.701. The van der Waals surface area contributed by atoms with Crippen LogP contribution in [-0.4, -0.2) is 24.0 Å². The molecule has 1 N–H and O–H groups in total. The lowest BCUT2D eigenvalue weighted by Gasteiger charge is -2.28. The number of fused-ring (bicyclic) bond motifs is 1. The number of thiazole rings is 1. The first-order valence-corrected chi connectivity index (χ1v) is 9.06. The Kier molecular flexibility index (Phi) is 5.18. The number of rotatable bonds is 5.